The van der Waals surface area contributed by atoms with Crippen LogP contribution >= 0.6 is 0 Å². The molecule has 0 aliphatic carbocycles. The van der Waals surface area contributed by atoms with Crippen LogP contribution in [-0.4, -0.2) is 39.9 Å². The molecule has 32 heavy (non-hydrogen) atoms. The van der Waals surface area contributed by atoms with E-state index < -0.39 is 10.0 Å². The molecule has 168 valence electrons. The zero-order chi connectivity index (χ0) is 23.3. The molecule has 0 aliphatic rings. The number of aryl methyl sites for hydroxylation is 2. The molecule has 0 spiro atoms. The molecule has 0 aliphatic heterocycles. The number of ether oxygens (including phenoxy) is 1. The van der Waals surface area contributed by atoms with E-state index in [-0.39, 0.29) is 17.3 Å². The Morgan fingerprint density at radius 1 is 0.906 bits per heavy atom. The Bertz CT molecular complexity index is 1180. The van der Waals surface area contributed by atoms with Gasteiger partial charge in [-0.05, 0) is 49.2 Å². The summed E-state index contributed by atoms with van der Waals surface area (Å²) in [4.78, 5) is 14.8. The summed E-state index contributed by atoms with van der Waals surface area (Å²) in [5.74, 6) is 0.0536. The summed E-state index contributed by atoms with van der Waals surface area (Å²) in [7, 11) is -0.869. The van der Waals surface area contributed by atoms with Crippen molar-refractivity contribution < 1.29 is 17.9 Å². The highest BCUT2D eigenvalue weighted by molar-refractivity contribution is 7.92. The average molecular weight is 453 g/mol. The number of hydrogen-bond donors (Lipinski definition) is 0. The molecule has 7 heteroatoms. The summed E-state index contributed by atoms with van der Waals surface area (Å²) >= 11 is 0. The van der Waals surface area contributed by atoms with E-state index in [0.29, 0.717) is 18.0 Å². The van der Waals surface area contributed by atoms with Gasteiger partial charge in [0.1, 0.15) is 12.3 Å². The number of benzene rings is 3. The monoisotopic (exact) mass is 452 g/mol. The maximum absolute atomic E-state index is 13.6. The molecule has 0 aromatic heterocycles. The lowest BCUT2D eigenvalue weighted by Crippen LogP contribution is -2.41. The molecular formula is C25H28N2O4S. The van der Waals surface area contributed by atoms with Gasteiger partial charge >= 0.3 is 0 Å². The van der Waals surface area contributed by atoms with E-state index in [9.17, 15) is 13.2 Å². The zero-order valence-electron chi connectivity index (χ0n) is 18.8. The third kappa shape index (κ3) is 5.29. The molecule has 3 rings (SSSR count). The molecule has 0 unspecified atom stereocenters. The van der Waals surface area contributed by atoms with Gasteiger partial charge in [0.05, 0.1) is 17.7 Å². The molecule has 3 aromatic carbocycles. The lowest BCUT2D eigenvalue weighted by Gasteiger charge is -2.28. The van der Waals surface area contributed by atoms with E-state index in [1.54, 1.807) is 43.4 Å². The van der Waals surface area contributed by atoms with Crippen LogP contribution in [-0.2, 0) is 21.4 Å². The van der Waals surface area contributed by atoms with Crippen LogP contribution in [0.3, 0.4) is 0 Å². The quantitative estimate of drug-likeness (QED) is 0.515. The summed E-state index contributed by atoms with van der Waals surface area (Å²) in [6.07, 6.45) is 0. The van der Waals surface area contributed by atoms with Crippen LogP contribution in [0.25, 0.3) is 0 Å². The van der Waals surface area contributed by atoms with E-state index in [0.717, 1.165) is 21.0 Å². The van der Waals surface area contributed by atoms with Gasteiger partial charge in [0.25, 0.3) is 10.0 Å². The van der Waals surface area contributed by atoms with Crippen LogP contribution in [0.5, 0.6) is 5.75 Å². The normalized spacial score (nSPS) is 11.1. The summed E-state index contributed by atoms with van der Waals surface area (Å²) in [5.41, 5.74) is 3.09. The number of rotatable bonds is 8. The van der Waals surface area contributed by atoms with Crippen molar-refractivity contribution in [3.8, 4) is 5.75 Å². The van der Waals surface area contributed by atoms with Crippen LogP contribution in [0.2, 0.25) is 0 Å². The van der Waals surface area contributed by atoms with Crippen molar-refractivity contribution in [1.82, 2.24) is 4.90 Å². The van der Waals surface area contributed by atoms with Crippen molar-refractivity contribution >= 4 is 21.6 Å². The second-order valence-corrected chi connectivity index (χ2v) is 9.60. The van der Waals surface area contributed by atoms with E-state index in [4.69, 9.17) is 4.74 Å². The van der Waals surface area contributed by atoms with E-state index in [1.807, 2.05) is 50.2 Å². The van der Waals surface area contributed by atoms with Gasteiger partial charge in [-0.3, -0.25) is 9.10 Å². The number of hydrogen-bond acceptors (Lipinski definition) is 4. The number of nitrogens with zero attached hydrogens (tertiary/aromatic N) is 2. The topological polar surface area (TPSA) is 66.9 Å². The highest BCUT2D eigenvalue weighted by Gasteiger charge is 2.30. The Labute approximate surface area is 190 Å². The fourth-order valence-electron chi connectivity index (χ4n) is 3.32. The molecule has 0 N–H and O–H groups in total. The molecule has 0 radical (unpaired) electrons. The fraction of sp³-hybridized carbons (Fsp3) is 0.240. The molecule has 0 bridgehead atoms. The summed E-state index contributed by atoms with van der Waals surface area (Å²) in [5, 5.41) is 0. The van der Waals surface area contributed by atoms with E-state index in [1.165, 1.54) is 12.0 Å². The van der Waals surface area contributed by atoms with Gasteiger partial charge in [0.2, 0.25) is 5.91 Å². The Balaban J connectivity index is 2.00. The standard InChI is InChI=1S/C25H28N2O4S/c1-19-10-13-22(14-11-19)32(29,30)27(23-16-20(2)12-15-24(23)31-4)18-25(28)26(3)17-21-8-6-5-7-9-21/h5-16H,17-18H2,1-4H3. The number of amides is 1. The molecule has 0 fully saturated rings. The molecule has 0 atom stereocenters. The first-order valence-corrected chi connectivity index (χ1v) is 11.7. The van der Waals surface area contributed by atoms with Gasteiger partial charge < -0.3 is 9.64 Å². The van der Waals surface area contributed by atoms with Crippen molar-refractivity contribution in [3.05, 3.63) is 89.5 Å². The van der Waals surface area contributed by atoms with Crippen LogP contribution in [0, 0.1) is 13.8 Å². The highest BCUT2D eigenvalue weighted by Crippen LogP contribution is 2.33. The minimum Gasteiger partial charge on any atom is -0.495 e. The second-order valence-electron chi connectivity index (χ2n) is 7.74. The van der Waals surface area contributed by atoms with E-state index in [2.05, 4.69) is 0 Å². The van der Waals surface area contributed by atoms with Gasteiger partial charge in [-0.15, -0.1) is 0 Å². The lowest BCUT2D eigenvalue weighted by atomic mass is 10.2. The number of anilines is 1. The minimum atomic E-state index is -4.02. The lowest BCUT2D eigenvalue weighted by molar-refractivity contribution is -0.128. The molecular weight excluding hydrogens is 424 g/mol. The predicted octanol–water partition coefficient (Wildman–Crippen LogP) is 4.17. The van der Waals surface area contributed by atoms with Crippen LogP contribution in [0.1, 0.15) is 16.7 Å². The van der Waals surface area contributed by atoms with Crippen molar-refractivity contribution in [2.45, 2.75) is 25.3 Å². The van der Waals surface area contributed by atoms with Crippen molar-refractivity contribution in [1.29, 1.82) is 0 Å². The van der Waals surface area contributed by atoms with Crippen molar-refractivity contribution in [2.24, 2.45) is 0 Å². The highest BCUT2D eigenvalue weighted by atomic mass is 32.2. The molecule has 3 aromatic rings. The molecule has 1 amide bonds. The van der Waals surface area contributed by atoms with Gasteiger partial charge in [0.15, 0.2) is 0 Å². The minimum absolute atomic E-state index is 0.116. The molecule has 6 nitrogen and oxygen atoms in total. The van der Waals surface area contributed by atoms with Gasteiger partial charge in [-0.25, -0.2) is 8.42 Å². The predicted molar refractivity (Wildman–Crippen MR) is 126 cm³/mol. The maximum atomic E-state index is 13.6. The first-order chi connectivity index (χ1) is 15.2. The van der Waals surface area contributed by atoms with Gasteiger partial charge in [-0.2, -0.15) is 0 Å². The second kappa shape index (κ2) is 9.87. The Hall–Kier alpha value is -3.32. The molecule has 0 saturated carbocycles. The summed E-state index contributed by atoms with van der Waals surface area (Å²) in [6.45, 7) is 3.78. The van der Waals surface area contributed by atoms with Crippen molar-refractivity contribution in [3.63, 3.8) is 0 Å². The van der Waals surface area contributed by atoms with E-state index >= 15 is 0 Å². The van der Waals surface area contributed by atoms with Gasteiger partial charge in [-0.1, -0.05) is 54.1 Å². The number of methoxy groups -OCH3 is 1. The number of carbonyl (C=O) groups is 1. The summed E-state index contributed by atoms with van der Waals surface area (Å²) < 4.78 is 33.8. The Morgan fingerprint density at radius 2 is 1.53 bits per heavy atom. The number of carbonyl (C=O) groups excluding carboxylic acids is 1. The first kappa shape index (κ1) is 23.3. The SMILES string of the molecule is COc1ccc(C)cc1N(CC(=O)N(C)Cc1ccccc1)S(=O)(=O)c1ccc(C)cc1. The Morgan fingerprint density at radius 3 is 2.16 bits per heavy atom. The van der Waals surface area contributed by atoms with Crippen molar-refractivity contribution in [2.75, 3.05) is 25.0 Å². The van der Waals surface area contributed by atoms with Crippen LogP contribution < -0.4 is 9.04 Å². The maximum Gasteiger partial charge on any atom is 0.264 e. The van der Waals surface area contributed by atoms with Gasteiger partial charge in [0, 0.05) is 13.6 Å². The number of likely N-dealkylation sites (N-methyl/N-ethyl adjacent to an activating group) is 1. The smallest absolute Gasteiger partial charge is 0.264 e. The molecule has 0 saturated heterocycles. The molecule has 0 heterocycles. The third-order valence-electron chi connectivity index (χ3n) is 5.18. The average Bonchev–Trinajstić information content (AvgIpc) is 2.78. The Kier molecular flexibility index (Phi) is 7.20. The van der Waals surface area contributed by atoms with Crippen LogP contribution in [0.4, 0.5) is 5.69 Å². The van der Waals surface area contributed by atoms with Crippen LogP contribution in [0.15, 0.2) is 77.7 Å². The third-order valence-corrected chi connectivity index (χ3v) is 6.95. The largest absolute Gasteiger partial charge is 0.495 e. The summed E-state index contributed by atoms with van der Waals surface area (Å²) in [6, 6.07) is 21.4. The zero-order valence-corrected chi connectivity index (χ0v) is 19.6. The number of sulfonamides is 1. The first-order valence-electron chi connectivity index (χ1n) is 10.2. The fourth-order valence-corrected chi connectivity index (χ4v) is 4.74.